The summed E-state index contributed by atoms with van der Waals surface area (Å²) < 4.78 is 5.62. The quantitative estimate of drug-likeness (QED) is 0.408. The van der Waals surface area contributed by atoms with E-state index in [2.05, 4.69) is 29.6 Å². The molecule has 0 heterocycles. The first-order valence-corrected chi connectivity index (χ1v) is 10.7. The summed E-state index contributed by atoms with van der Waals surface area (Å²) in [5.41, 5.74) is 6.82. The smallest absolute Gasteiger partial charge is 0.411 e. The van der Waals surface area contributed by atoms with Crippen LogP contribution in [-0.2, 0) is 4.74 Å². The van der Waals surface area contributed by atoms with Crippen molar-refractivity contribution in [3.8, 4) is 11.1 Å². The van der Waals surface area contributed by atoms with Gasteiger partial charge in [-0.25, -0.2) is 4.79 Å². The second-order valence-corrected chi connectivity index (χ2v) is 7.89. The zero-order chi connectivity index (χ0) is 21.9. The Kier molecular flexibility index (Phi) is 5.44. The monoisotopic (exact) mass is 421 g/mol. The van der Waals surface area contributed by atoms with E-state index in [1.165, 1.54) is 22.3 Å². The molecule has 2 N–H and O–H groups in total. The molecule has 4 nitrogen and oxygen atoms in total. The van der Waals surface area contributed by atoms with Crippen molar-refractivity contribution in [1.29, 1.82) is 0 Å². The Morgan fingerprint density at radius 1 is 0.781 bits per heavy atom. The summed E-state index contributed by atoms with van der Waals surface area (Å²) in [7, 11) is 0. The van der Waals surface area contributed by atoms with E-state index < -0.39 is 12.2 Å². The Labute approximate surface area is 187 Å². The van der Waals surface area contributed by atoms with Crippen molar-refractivity contribution >= 4 is 11.8 Å². The minimum Gasteiger partial charge on any atom is -0.448 e. The van der Waals surface area contributed by atoms with Crippen LogP contribution in [0.5, 0.6) is 0 Å². The summed E-state index contributed by atoms with van der Waals surface area (Å²) in [6, 6.07) is 33.1. The third-order valence-corrected chi connectivity index (χ3v) is 5.91. The molecule has 1 aliphatic rings. The maximum absolute atomic E-state index is 12.5. The van der Waals surface area contributed by atoms with Gasteiger partial charge in [-0.05, 0) is 45.5 Å². The van der Waals surface area contributed by atoms with Gasteiger partial charge in [0.2, 0.25) is 0 Å². The number of ether oxygens (including phenoxy) is 1. The van der Waals surface area contributed by atoms with Crippen LogP contribution in [0.1, 0.15) is 34.3 Å². The summed E-state index contributed by atoms with van der Waals surface area (Å²) in [6.45, 7) is 0.256. The standard InChI is InChI=1S/C28H23NO3/c30-27(19-9-2-1-3-10-19)20-11-8-12-21(17-20)29-28(31)32-18-26-24-15-6-4-13-22(24)23-14-5-7-16-25(23)26/h1-17,26-27,30H,18H2,(H,29,31). The van der Waals surface area contributed by atoms with Crippen LogP contribution < -0.4 is 5.32 Å². The molecule has 0 bridgehead atoms. The molecule has 4 heteroatoms. The second-order valence-electron chi connectivity index (χ2n) is 7.89. The SMILES string of the molecule is O=C(Nc1cccc(C(O)c2ccccc2)c1)OCC1c2ccccc2-c2ccccc21. The van der Waals surface area contributed by atoms with E-state index in [0.29, 0.717) is 11.3 Å². The Bertz CT molecular complexity index is 1210. The number of hydrogen-bond donors (Lipinski definition) is 2. The Balaban J connectivity index is 1.27. The molecule has 158 valence electrons. The number of aliphatic hydroxyl groups is 1. The molecule has 1 unspecified atom stereocenters. The Morgan fingerprint density at radius 3 is 2.06 bits per heavy atom. The average molecular weight is 421 g/mol. The zero-order valence-electron chi connectivity index (χ0n) is 17.4. The van der Waals surface area contributed by atoms with E-state index in [4.69, 9.17) is 4.74 Å². The molecule has 0 fully saturated rings. The first-order valence-electron chi connectivity index (χ1n) is 10.7. The van der Waals surface area contributed by atoms with E-state index in [9.17, 15) is 9.90 Å². The van der Waals surface area contributed by atoms with Crippen molar-refractivity contribution in [3.63, 3.8) is 0 Å². The molecule has 32 heavy (non-hydrogen) atoms. The molecule has 5 rings (SSSR count). The van der Waals surface area contributed by atoms with Gasteiger partial charge in [0.1, 0.15) is 12.7 Å². The van der Waals surface area contributed by atoms with Gasteiger partial charge in [0.05, 0.1) is 0 Å². The lowest BCUT2D eigenvalue weighted by Gasteiger charge is -2.15. The fourth-order valence-corrected chi connectivity index (χ4v) is 4.37. The number of fused-ring (bicyclic) bond motifs is 3. The molecule has 0 saturated carbocycles. The number of aliphatic hydroxyl groups excluding tert-OH is 1. The minimum atomic E-state index is -0.763. The highest BCUT2D eigenvalue weighted by Crippen LogP contribution is 2.44. The number of carbonyl (C=O) groups excluding carboxylic acids is 1. The van der Waals surface area contributed by atoms with Crippen molar-refractivity contribution in [2.45, 2.75) is 12.0 Å². The number of anilines is 1. The van der Waals surface area contributed by atoms with Crippen LogP contribution in [0, 0.1) is 0 Å². The fraction of sp³-hybridized carbons (Fsp3) is 0.107. The van der Waals surface area contributed by atoms with Gasteiger partial charge >= 0.3 is 6.09 Å². The fourth-order valence-electron chi connectivity index (χ4n) is 4.37. The molecule has 1 atom stereocenters. The predicted octanol–water partition coefficient (Wildman–Crippen LogP) is 6.13. The lowest BCUT2D eigenvalue weighted by Crippen LogP contribution is -2.18. The largest absolute Gasteiger partial charge is 0.448 e. The number of hydrogen-bond acceptors (Lipinski definition) is 3. The first kappa shape index (κ1) is 20.0. The maximum Gasteiger partial charge on any atom is 0.411 e. The van der Waals surface area contributed by atoms with Crippen molar-refractivity contribution in [1.82, 2.24) is 0 Å². The third kappa shape index (κ3) is 3.88. The lowest BCUT2D eigenvalue weighted by molar-refractivity contribution is 0.158. The predicted molar refractivity (Wildman–Crippen MR) is 126 cm³/mol. The van der Waals surface area contributed by atoms with E-state index in [-0.39, 0.29) is 12.5 Å². The number of carbonyl (C=O) groups is 1. The van der Waals surface area contributed by atoms with Crippen LogP contribution in [0.4, 0.5) is 10.5 Å². The normalized spacial score (nSPS) is 13.2. The molecular formula is C28H23NO3. The van der Waals surface area contributed by atoms with Crippen LogP contribution in [0.3, 0.4) is 0 Å². The van der Waals surface area contributed by atoms with Crippen molar-refractivity contribution in [3.05, 3.63) is 125 Å². The number of rotatable bonds is 5. The number of amides is 1. The topological polar surface area (TPSA) is 58.6 Å². The second kappa shape index (κ2) is 8.69. The van der Waals surface area contributed by atoms with Gasteiger partial charge in [0.25, 0.3) is 0 Å². The molecule has 0 aliphatic heterocycles. The van der Waals surface area contributed by atoms with Crippen LogP contribution in [0.2, 0.25) is 0 Å². The van der Waals surface area contributed by atoms with Crippen molar-refractivity contribution in [2.24, 2.45) is 0 Å². The molecular weight excluding hydrogens is 398 g/mol. The van der Waals surface area contributed by atoms with Crippen LogP contribution in [0.25, 0.3) is 11.1 Å². The highest BCUT2D eigenvalue weighted by Gasteiger charge is 2.29. The molecule has 1 aliphatic carbocycles. The third-order valence-electron chi connectivity index (χ3n) is 5.91. The van der Waals surface area contributed by atoms with Gasteiger partial charge in [-0.15, -0.1) is 0 Å². The average Bonchev–Trinajstić information content (AvgIpc) is 3.17. The van der Waals surface area contributed by atoms with Crippen molar-refractivity contribution < 1.29 is 14.6 Å². The molecule has 4 aromatic rings. The molecule has 4 aromatic carbocycles. The van der Waals surface area contributed by atoms with E-state index in [1.807, 2.05) is 60.7 Å². The van der Waals surface area contributed by atoms with Gasteiger partial charge < -0.3 is 9.84 Å². The highest BCUT2D eigenvalue weighted by molar-refractivity contribution is 5.85. The van der Waals surface area contributed by atoms with E-state index in [1.54, 1.807) is 18.2 Å². The molecule has 1 amide bonds. The Morgan fingerprint density at radius 2 is 1.38 bits per heavy atom. The summed E-state index contributed by atoms with van der Waals surface area (Å²) in [5, 5.41) is 13.4. The maximum atomic E-state index is 12.5. The van der Waals surface area contributed by atoms with E-state index >= 15 is 0 Å². The zero-order valence-corrected chi connectivity index (χ0v) is 17.4. The summed E-state index contributed by atoms with van der Waals surface area (Å²) in [6.07, 6.45) is -1.28. The summed E-state index contributed by atoms with van der Waals surface area (Å²) in [4.78, 5) is 12.5. The molecule has 0 spiro atoms. The van der Waals surface area contributed by atoms with Crippen LogP contribution in [0.15, 0.2) is 103 Å². The number of nitrogens with one attached hydrogen (secondary N) is 1. The van der Waals surface area contributed by atoms with Gasteiger partial charge in [-0.3, -0.25) is 5.32 Å². The molecule has 0 aromatic heterocycles. The lowest BCUT2D eigenvalue weighted by atomic mass is 9.98. The summed E-state index contributed by atoms with van der Waals surface area (Å²) in [5.74, 6) is 0.0133. The van der Waals surface area contributed by atoms with Crippen LogP contribution >= 0.6 is 0 Å². The first-order chi connectivity index (χ1) is 15.7. The minimum absolute atomic E-state index is 0.0133. The van der Waals surface area contributed by atoms with Crippen LogP contribution in [-0.4, -0.2) is 17.8 Å². The summed E-state index contributed by atoms with van der Waals surface area (Å²) >= 11 is 0. The highest BCUT2D eigenvalue weighted by atomic mass is 16.5. The number of benzene rings is 4. The van der Waals surface area contributed by atoms with Gasteiger partial charge in [-0.1, -0.05) is 91.0 Å². The molecule has 0 radical (unpaired) electrons. The van der Waals surface area contributed by atoms with E-state index in [0.717, 1.165) is 5.56 Å². The van der Waals surface area contributed by atoms with Crippen molar-refractivity contribution in [2.75, 3.05) is 11.9 Å². The van der Waals surface area contributed by atoms with Gasteiger partial charge in [0.15, 0.2) is 0 Å². The van der Waals surface area contributed by atoms with Gasteiger partial charge in [-0.2, -0.15) is 0 Å². The van der Waals surface area contributed by atoms with Gasteiger partial charge in [0, 0.05) is 11.6 Å². The molecule has 0 saturated heterocycles. The Hall–Kier alpha value is -3.89.